The standard InChI is InChI=1S/C7H6F3N.C7H8FN/c1-5-2-3-6(11-4-5)7(8,9)10;1-5-3-4-6(2)9-7(5)8/h2-4H,1H3;3-4H,1-2H3. The maximum absolute atomic E-state index is 12.5. The van der Waals surface area contributed by atoms with Crippen LogP contribution in [0.4, 0.5) is 17.6 Å². The molecule has 0 saturated heterocycles. The van der Waals surface area contributed by atoms with E-state index in [1.807, 2.05) is 0 Å². The van der Waals surface area contributed by atoms with Gasteiger partial charge in [0, 0.05) is 17.5 Å². The van der Waals surface area contributed by atoms with E-state index in [-0.39, 0.29) is 5.95 Å². The minimum absolute atomic E-state index is 0.366. The molecule has 0 spiro atoms. The fraction of sp³-hybridized carbons (Fsp3) is 0.286. The van der Waals surface area contributed by atoms with Crippen LogP contribution in [-0.2, 0) is 6.18 Å². The Morgan fingerprint density at radius 3 is 2.00 bits per heavy atom. The Morgan fingerprint density at radius 1 is 0.950 bits per heavy atom. The Hall–Kier alpha value is -1.98. The lowest BCUT2D eigenvalue weighted by Gasteiger charge is -2.03. The molecule has 0 fully saturated rings. The predicted octanol–water partition coefficient (Wildman–Crippen LogP) is 4.25. The third-order valence-corrected chi connectivity index (χ3v) is 2.38. The molecule has 2 heterocycles. The summed E-state index contributed by atoms with van der Waals surface area (Å²) in [7, 11) is 0. The molecule has 0 aliphatic rings. The van der Waals surface area contributed by atoms with Crippen LogP contribution in [0, 0.1) is 26.7 Å². The molecule has 0 amide bonds. The molecule has 2 aromatic heterocycles. The Bertz CT molecular complexity index is 562. The van der Waals surface area contributed by atoms with Crippen molar-refractivity contribution in [1.29, 1.82) is 0 Å². The molecule has 2 rings (SSSR count). The Morgan fingerprint density at radius 2 is 1.60 bits per heavy atom. The molecule has 6 heteroatoms. The lowest BCUT2D eigenvalue weighted by molar-refractivity contribution is -0.141. The number of aryl methyl sites for hydroxylation is 3. The summed E-state index contributed by atoms with van der Waals surface area (Å²) >= 11 is 0. The summed E-state index contributed by atoms with van der Waals surface area (Å²) in [5.41, 5.74) is 1.19. The van der Waals surface area contributed by atoms with Crippen molar-refractivity contribution < 1.29 is 17.6 Å². The van der Waals surface area contributed by atoms with Crippen molar-refractivity contribution in [2.24, 2.45) is 0 Å². The molecule has 0 atom stereocenters. The third kappa shape index (κ3) is 4.95. The molecule has 2 aromatic rings. The summed E-state index contributed by atoms with van der Waals surface area (Å²) in [4.78, 5) is 6.83. The fourth-order valence-corrected chi connectivity index (χ4v) is 1.23. The largest absolute Gasteiger partial charge is 0.433 e. The van der Waals surface area contributed by atoms with E-state index in [1.54, 1.807) is 32.9 Å². The normalized spacial score (nSPS) is 10.8. The lowest BCUT2D eigenvalue weighted by Crippen LogP contribution is -2.07. The number of aromatic nitrogens is 2. The second kappa shape index (κ2) is 6.45. The molecule has 0 unspecified atom stereocenters. The first-order valence-electron chi connectivity index (χ1n) is 5.79. The summed E-state index contributed by atoms with van der Waals surface area (Å²) in [5, 5.41) is 0. The van der Waals surface area contributed by atoms with Crippen LogP contribution in [0.1, 0.15) is 22.5 Å². The van der Waals surface area contributed by atoms with Crippen LogP contribution < -0.4 is 0 Å². The summed E-state index contributed by atoms with van der Waals surface area (Å²) in [5.74, 6) is -0.366. The second-order valence-corrected chi connectivity index (χ2v) is 4.28. The maximum atomic E-state index is 12.5. The van der Waals surface area contributed by atoms with Gasteiger partial charge in [-0.25, -0.2) is 4.98 Å². The maximum Gasteiger partial charge on any atom is 0.433 e. The topological polar surface area (TPSA) is 25.8 Å². The highest BCUT2D eigenvalue weighted by Gasteiger charge is 2.31. The SMILES string of the molecule is Cc1ccc(C(F)(F)F)nc1.Cc1ccc(C)c(F)n1. The first kappa shape index (κ1) is 16.1. The lowest BCUT2D eigenvalue weighted by atomic mass is 10.3. The zero-order valence-corrected chi connectivity index (χ0v) is 11.3. The second-order valence-electron chi connectivity index (χ2n) is 4.28. The van der Waals surface area contributed by atoms with E-state index in [9.17, 15) is 17.6 Å². The molecule has 0 saturated carbocycles. The predicted molar refractivity (Wildman–Crippen MR) is 67.6 cm³/mol. The van der Waals surface area contributed by atoms with Crippen LogP contribution in [0.3, 0.4) is 0 Å². The molecule has 0 aliphatic carbocycles. The van der Waals surface area contributed by atoms with Crippen LogP contribution in [0.2, 0.25) is 0 Å². The quantitative estimate of drug-likeness (QED) is 0.534. The van der Waals surface area contributed by atoms with Crippen molar-refractivity contribution in [3.8, 4) is 0 Å². The first-order chi connectivity index (χ1) is 9.20. The van der Waals surface area contributed by atoms with Crippen LogP contribution >= 0.6 is 0 Å². The summed E-state index contributed by atoms with van der Waals surface area (Å²) < 4.78 is 48.0. The monoisotopic (exact) mass is 286 g/mol. The van der Waals surface area contributed by atoms with Crippen molar-refractivity contribution in [2.75, 3.05) is 0 Å². The number of alkyl halides is 3. The van der Waals surface area contributed by atoms with E-state index >= 15 is 0 Å². The number of hydrogen-bond donors (Lipinski definition) is 0. The Kier molecular flexibility index (Phi) is 5.19. The van der Waals surface area contributed by atoms with Gasteiger partial charge in [-0.15, -0.1) is 0 Å². The van der Waals surface area contributed by atoms with Gasteiger partial charge in [0.1, 0.15) is 5.69 Å². The average Bonchev–Trinajstić information content (AvgIpc) is 2.34. The minimum atomic E-state index is -4.33. The minimum Gasteiger partial charge on any atom is -0.252 e. The van der Waals surface area contributed by atoms with Crippen molar-refractivity contribution in [2.45, 2.75) is 26.9 Å². The molecule has 0 aliphatic heterocycles. The number of halogens is 4. The van der Waals surface area contributed by atoms with Gasteiger partial charge >= 0.3 is 6.18 Å². The molecule has 0 N–H and O–H groups in total. The zero-order chi connectivity index (χ0) is 15.3. The molecule has 0 bridgehead atoms. The van der Waals surface area contributed by atoms with Gasteiger partial charge in [-0.1, -0.05) is 12.1 Å². The van der Waals surface area contributed by atoms with E-state index in [0.717, 1.165) is 17.3 Å². The number of pyridine rings is 2. The highest BCUT2D eigenvalue weighted by Crippen LogP contribution is 2.26. The molecule has 108 valence electrons. The van der Waals surface area contributed by atoms with Gasteiger partial charge in [0.05, 0.1) is 0 Å². The van der Waals surface area contributed by atoms with Crippen LogP contribution in [0.5, 0.6) is 0 Å². The van der Waals surface area contributed by atoms with Crippen molar-refractivity contribution in [3.63, 3.8) is 0 Å². The summed E-state index contributed by atoms with van der Waals surface area (Å²) in [6, 6.07) is 5.86. The van der Waals surface area contributed by atoms with Gasteiger partial charge in [-0.3, -0.25) is 4.98 Å². The highest BCUT2D eigenvalue weighted by molar-refractivity contribution is 5.14. The molecule has 20 heavy (non-hydrogen) atoms. The van der Waals surface area contributed by atoms with Crippen LogP contribution in [0.15, 0.2) is 30.5 Å². The van der Waals surface area contributed by atoms with E-state index < -0.39 is 11.9 Å². The van der Waals surface area contributed by atoms with Gasteiger partial charge in [0.15, 0.2) is 0 Å². The Labute approximate surface area is 114 Å². The van der Waals surface area contributed by atoms with Gasteiger partial charge < -0.3 is 0 Å². The smallest absolute Gasteiger partial charge is 0.252 e. The molecular weight excluding hydrogens is 272 g/mol. The van der Waals surface area contributed by atoms with Gasteiger partial charge in [0.25, 0.3) is 0 Å². The Balaban J connectivity index is 0.000000204. The van der Waals surface area contributed by atoms with Crippen LogP contribution in [0.25, 0.3) is 0 Å². The third-order valence-electron chi connectivity index (χ3n) is 2.38. The van der Waals surface area contributed by atoms with E-state index in [4.69, 9.17) is 0 Å². The molecule has 0 aromatic carbocycles. The van der Waals surface area contributed by atoms with Crippen molar-refractivity contribution in [1.82, 2.24) is 9.97 Å². The van der Waals surface area contributed by atoms with Crippen LogP contribution in [-0.4, -0.2) is 9.97 Å². The van der Waals surface area contributed by atoms with Gasteiger partial charge in [-0.2, -0.15) is 17.6 Å². The number of rotatable bonds is 0. The highest BCUT2D eigenvalue weighted by atomic mass is 19.4. The summed E-state index contributed by atoms with van der Waals surface area (Å²) in [6.45, 7) is 5.15. The van der Waals surface area contributed by atoms with Crippen molar-refractivity contribution >= 4 is 0 Å². The average molecular weight is 286 g/mol. The van der Waals surface area contributed by atoms with Gasteiger partial charge in [0.2, 0.25) is 5.95 Å². The van der Waals surface area contributed by atoms with Crippen molar-refractivity contribution in [3.05, 3.63) is 58.9 Å². The molecule has 0 radical (unpaired) electrons. The zero-order valence-electron chi connectivity index (χ0n) is 11.3. The van der Waals surface area contributed by atoms with E-state index in [0.29, 0.717) is 5.56 Å². The number of hydrogen-bond acceptors (Lipinski definition) is 2. The first-order valence-corrected chi connectivity index (χ1v) is 5.79. The fourth-order valence-electron chi connectivity index (χ4n) is 1.23. The molecule has 2 nitrogen and oxygen atoms in total. The molecular formula is C14H14F4N2. The van der Waals surface area contributed by atoms with E-state index in [1.165, 1.54) is 12.3 Å². The summed E-state index contributed by atoms with van der Waals surface area (Å²) in [6.07, 6.45) is -3.13. The van der Waals surface area contributed by atoms with E-state index in [2.05, 4.69) is 9.97 Å². The van der Waals surface area contributed by atoms with Gasteiger partial charge in [-0.05, 0) is 38.5 Å². The number of nitrogens with zero attached hydrogens (tertiary/aromatic N) is 2.